The maximum atomic E-state index is 13.1. The van der Waals surface area contributed by atoms with Crippen LogP contribution in [0.4, 0.5) is 4.39 Å². The molecule has 2 aliphatic heterocycles. The minimum Gasteiger partial charge on any atom is -0.346 e. The van der Waals surface area contributed by atoms with E-state index >= 15 is 0 Å². The minimum absolute atomic E-state index is 0.0836. The third-order valence-corrected chi connectivity index (χ3v) is 7.82. The largest absolute Gasteiger partial charge is 0.346 e. The average Bonchev–Trinajstić information content (AvgIpc) is 2.97. The molecule has 2 heterocycles. The van der Waals surface area contributed by atoms with Crippen molar-refractivity contribution in [3.8, 4) is 0 Å². The summed E-state index contributed by atoms with van der Waals surface area (Å²) in [7, 11) is -3.06. The Balaban J connectivity index is 1.81. The SMILES string of the molecule is CC(C)(C)C(=O)N=C1SC2CS(=O)(=O)CC2N1CCc1ccc(F)cc1. The van der Waals surface area contributed by atoms with Crippen molar-refractivity contribution in [2.24, 2.45) is 10.4 Å². The van der Waals surface area contributed by atoms with Crippen molar-refractivity contribution in [1.29, 1.82) is 0 Å². The molecular weight excluding hydrogens is 375 g/mol. The fraction of sp³-hybridized carbons (Fsp3) is 0.556. The molecule has 0 saturated carbocycles. The maximum absolute atomic E-state index is 13.1. The number of amidine groups is 1. The second-order valence-corrected chi connectivity index (χ2v) is 11.2. The maximum Gasteiger partial charge on any atom is 0.253 e. The molecule has 0 radical (unpaired) electrons. The van der Waals surface area contributed by atoms with E-state index in [9.17, 15) is 17.6 Å². The van der Waals surface area contributed by atoms with Crippen LogP contribution in [0.15, 0.2) is 29.3 Å². The number of hydrogen-bond acceptors (Lipinski definition) is 4. The highest BCUT2D eigenvalue weighted by Crippen LogP contribution is 2.38. The van der Waals surface area contributed by atoms with Crippen molar-refractivity contribution in [3.05, 3.63) is 35.6 Å². The molecule has 0 N–H and O–H groups in total. The van der Waals surface area contributed by atoms with Crippen LogP contribution in [0.2, 0.25) is 0 Å². The highest BCUT2D eigenvalue weighted by molar-refractivity contribution is 8.15. The zero-order valence-corrected chi connectivity index (χ0v) is 16.7. The number of amides is 1. The van der Waals surface area contributed by atoms with E-state index in [0.717, 1.165) is 5.56 Å². The van der Waals surface area contributed by atoms with Crippen molar-refractivity contribution in [2.75, 3.05) is 18.1 Å². The molecule has 1 aromatic rings. The Bertz CT molecular complexity index is 829. The van der Waals surface area contributed by atoms with Gasteiger partial charge in [0.25, 0.3) is 5.91 Å². The molecule has 2 fully saturated rings. The highest BCUT2D eigenvalue weighted by atomic mass is 32.2. The van der Waals surface area contributed by atoms with Crippen LogP contribution in [0.5, 0.6) is 0 Å². The van der Waals surface area contributed by atoms with E-state index in [1.54, 1.807) is 12.1 Å². The van der Waals surface area contributed by atoms with Gasteiger partial charge in [0.2, 0.25) is 0 Å². The standard InChI is InChI=1S/C18H23FN2O3S2/c1-18(2,3)16(22)20-17-21(9-8-12-4-6-13(19)7-5-12)14-10-26(23,24)11-15(14)25-17/h4-7,14-15H,8-11H2,1-3H3. The number of carbonyl (C=O) groups is 1. The van der Waals surface area contributed by atoms with Gasteiger partial charge in [0.05, 0.1) is 17.5 Å². The lowest BCUT2D eigenvalue weighted by Crippen LogP contribution is -2.39. The first-order valence-corrected chi connectivity index (χ1v) is 11.3. The van der Waals surface area contributed by atoms with E-state index in [2.05, 4.69) is 4.99 Å². The number of sulfone groups is 1. The average molecular weight is 399 g/mol. The number of hydrogen-bond donors (Lipinski definition) is 0. The number of thioether (sulfide) groups is 1. The summed E-state index contributed by atoms with van der Waals surface area (Å²) in [5.41, 5.74) is 0.377. The second-order valence-electron chi connectivity index (χ2n) is 7.82. The summed E-state index contributed by atoms with van der Waals surface area (Å²) in [5, 5.41) is 0.525. The van der Waals surface area contributed by atoms with Gasteiger partial charge in [-0.25, -0.2) is 12.8 Å². The van der Waals surface area contributed by atoms with Crippen molar-refractivity contribution < 1.29 is 17.6 Å². The van der Waals surface area contributed by atoms with Crippen LogP contribution < -0.4 is 0 Å². The summed E-state index contributed by atoms with van der Waals surface area (Å²) in [6, 6.07) is 6.11. The molecule has 142 valence electrons. The van der Waals surface area contributed by atoms with Gasteiger partial charge in [0, 0.05) is 17.2 Å². The van der Waals surface area contributed by atoms with Gasteiger partial charge in [-0.3, -0.25) is 4.79 Å². The minimum atomic E-state index is -3.06. The van der Waals surface area contributed by atoms with Crippen LogP contribution in [-0.2, 0) is 21.1 Å². The highest BCUT2D eigenvalue weighted by Gasteiger charge is 2.48. The number of carbonyl (C=O) groups excluding carboxylic acids is 1. The first kappa shape index (κ1) is 19.4. The first-order valence-electron chi connectivity index (χ1n) is 8.56. The van der Waals surface area contributed by atoms with Gasteiger partial charge in [0.15, 0.2) is 15.0 Å². The van der Waals surface area contributed by atoms with E-state index in [-0.39, 0.29) is 34.5 Å². The second kappa shape index (κ2) is 6.96. The molecule has 2 unspecified atom stereocenters. The number of nitrogens with zero attached hydrogens (tertiary/aromatic N) is 2. The molecule has 0 spiro atoms. The molecule has 8 heteroatoms. The molecule has 0 aromatic heterocycles. The summed E-state index contributed by atoms with van der Waals surface area (Å²) < 4.78 is 37.1. The lowest BCUT2D eigenvalue weighted by molar-refractivity contribution is -0.124. The summed E-state index contributed by atoms with van der Waals surface area (Å²) in [6.07, 6.45) is 0.632. The van der Waals surface area contributed by atoms with Crippen molar-refractivity contribution >= 4 is 32.7 Å². The molecule has 5 nitrogen and oxygen atoms in total. The van der Waals surface area contributed by atoms with Crippen molar-refractivity contribution in [1.82, 2.24) is 4.90 Å². The number of aliphatic imine (C=N–C) groups is 1. The van der Waals surface area contributed by atoms with E-state index in [0.29, 0.717) is 18.1 Å². The van der Waals surface area contributed by atoms with E-state index in [1.807, 2.05) is 25.7 Å². The number of fused-ring (bicyclic) bond motifs is 1. The number of rotatable bonds is 3. The summed E-state index contributed by atoms with van der Waals surface area (Å²) >= 11 is 1.39. The molecule has 1 aromatic carbocycles. The Labute approximate surface area is 158 Å². The van der Waals surface area contributed by atoms with E-state index < -0.39 is 15.3 Å². The summed E-state index contributed by atoms with van der Waals surface area (Å²) in [4.78, 5) is 18.6. The van der Waals surface area contributed by atoms with Gasteiger partial charge in [-0.2, -0.15) is 4.99 Å². The van der Waals surface area contributed by atoms with Crippen LogP contribution >= 0.6 is 11.8 Å². The molecule has 0 aliphatic carbocycles. The predicted octanol–water partition coefficient (Wildman–Crippen LogP) is 2.51. The van der Waals surface area contributed by atoms with Gasteiger partial charge >= 0.3 is 0 Å². The Hall–Kier alpha value is -1.41. The predicted molar refractivity (Wildman–Crippen MR) is 103 cm³/mol. The van der Waals surface area contributed by atoms with Crippen LogP contribution in [0.3, 0.4) is 0 Å². The van der Waals surface area contributed by atoms with Crippen molar-refractivity contribution in [3.63, 3.8) is 0 Å². The normalized spacial score (nSPS) is 26.3. The Morgan fingerprint density at radius 1 is 1.27 bits per heavy atom. The zero-order chi connectivity index (χ0) is 19.1. The van der Waals surface area contributed by atoms with Gasteiger partial charge in [-0.15, -0.1) is 0 Å². The van der Waals surface area contributed by atoms with Crippen LogP contribution in [0, 0.1) is 11.2 Å². The number of halogens is 1. The fourth-order valence-electron chi connectivity index (χ4n) is 3.05. The molecule has 3 rings (SSSR count). The lowest BCUT2D eigenvalue weighted by atomic mass is 9.96. The van der Waals surface area contributed by atoms with Crippen molar-refractivity contribution in [2.45, 2.75) is 38.5 Å². The van der Waals surface area contributed by atoms with Crippen LogP contribution in [0.25, 0.3) is 0 Å². The van der Waals surface area contributed by atoms with Crippen LogP contribution in [-0.4, -0.2) is 53.7 Å². The van der Waals surface area contributed by atoms with Gasteiger partial charge in [0.1, 0.15) is 5.82 Å². The fourth-order valence-corrected chi connectivity index (χ4v) is 7.03. The third kappa shape index (κ3) is 4.28. The molecule has 2 aliphatic rings. The molecular formula is C18H23FN2O3S2. The number of benzene rings is 1. The summed E-state index contributed by atoms with van der Waals surface area (Å²) in [6.45, 7) is 5.99. The van der Waals surface area contributed by atoms with E-state index in [1.165, 1.54) is 23.9 Å². The van der Waals surface area contributed by atoms with E-state index in [4.69, 9.17) is 0 Å². The van der Waals surface area contributed by atoms with Gasteiger partial charge < -0.3 is 4.90 Å². The first-order chi connectivity index (χ1) is 12.0. The smallest absolute Gasteiger partial charge is 0.253 e. The van der Waals surface area contributed by atoms with Crippen LogP contribution in [0.1, 0.15) is 26.3 Å². The monoisotopic (exact) mass is 398 g/mol. The van der Waals surface area contributed by atoms with Gasteiger partial charge in [-0.05, 0) is 24.1 Å². The third-order valence-electron chi connectivity index (χ3n) is 4.57. The molecule has 0 bridgehead atoms. The molecule has 26 heavy (non-hydrogen) atoms. The molecule has 2 saturated heterocycles. The van der Waals surface area contributed by atoms with Gasteiger partial charge in [-0.1, -0.05) is 44.7 Å². The quantitative estimate of drug-likeness (QED) is 0.783. The Morgan fingerprint density at radius 3 is 2.54 bits per heavy atom. The Morgan fingerprint density at radius 2 is 1.92 bits per heavy atom. The zero-order valence-electron chi connectivity index (χ0n) is 15.1. The topological polar surface area (TPSA) is 66.8 Å². The molecule has 2 atom stereocenters. The molecule has 1 amide bonds. The lowest BCUT2D eigenvalue weighted by Gasteiger charge is -2.25. The Kier molecular flexibility index (Phi) is 5.18. The summed E-state index contributed by atoms with van der Waals surface area (Å²) in [5.74, 6) is -0.283.